The molecule has 9 nitrogen and oxygen atoms in total. The monoisotopic (exact) mass is 526 g/mol. The summed E-state index contributed by atoms with van der Waals surface area (Å²) in [6.45, 7) is 3.36. The molecule has 1 aliphatic rings. The molecule has 1 saturated heterocycles. The highest BCUT2D eigenvalue weighted by molar-refractivity contribution is 6.24. The van der Waals surface area contributed by atoms with Crippen molar-refractivity contribution in [1.29, 1.82) is 0 Å². The van der Waals surface area contributed by atoms with Crippen LogP contribution in [0.15, 0.2) is 89.6 Å². The lowest BCUT2D eigenvalue weighted by Gasteiger charge is -2.31. The van der Waals surface area contributed by atoms with Crippen LogP contribution < -0.4 is 26.6 Å². The Labute approximate surface area is 228 Å². The van der Waals surface area contributed by atoms with Crippen LogP contribution in [-0.4, -0.2) is 48.9 Å². The van der Waals surface area contributed by atoms with Crippen LogP contribution in [-0.2, 0) is 4.79 Å². The number of carbonyl (C=O) groups is 2. The molecule has 1 heterocycles. The van der Waals surface area contributed by atoms with Crippen molar-refractivity contribution in [2.24, 2.45) is 10.7 Å². The predicted molar refractivity (Wildman–Crippen MR) is 158 cm³/mol. The van der Waals surface area contributed by atoms with Crippen molar-refractivity contribution < 1.29 is 14.7 Å². The Balaban J connectivity index is 1.30. The van der Waals surface area contributed by atoms with E-state index in [1.165, 1.54) is 6.20 Å². The molecule has 39 heavy (non-hydrogen) atoms. The minimum absolute atomic E-state index is 0.179. The maximum Gasteiger partial charge on any atom is 0.258 e. The quantitative estimate of drug-likeness (QED) is 0.217. The maximum absolute atomic E-state index is 12.7. The number of aliphatic hydroxyl groups is 1. The normalized spacial score (nSPS) is 14.6. The number of nitrogens with one attached hydrogen (secondary N) is 3. The van der Waals surface area contributed by atoms with Gasteiger partial charge in [0.2, 0.25) is 0 Å². The van der Waals surface area contributed by atoms with Crippen LogP contribution in [0.5, 0.6) is 0 Å². The van der Waals surface area contributed by atoms with E-state index in [0.29, 0.717) is 28.2 Å². The summed E-state index contributed by atoms with van der Waals surface area (Å²) in [5.41, 5.74) is 11.1. The van der Waals surface area contributed by atoms with Gasteiger partial charge in [-0.3, -0.25) is 14.6 Å². The molecule has 4 rings (SSSR count). The lowest BCUT2D eigenvalue weighted by molar-refractivity contribution is -0.112. The number of amides is 2. The summed E-state index contributed by atoms with van der Waals surface area (Å²) < 4.78 is 0. The lowest BCUT2D eigenvalue weighted by atomic mass is 10.1. The number of benzene rings is 3. The molecule has 1 fully saturated rings. The van der Waals surface area contributed by atoms with Crippen molar-refractivity contribution >= 4 is 46.0 Å². The summed E-state index contributed by atoms with van der Waals surface area (Å²) in [7, 11) is 1.61. The highest BCUT2D eigenvalue weighted by atomic mass is 16.3. The number of nitrogens with two attached hydrogens (primary N) is 1. The van der Waals surface area contributed by atoms with Gasteiger partial charge in [0.25, 0.3) is 11.8 Å². The van der Waals surface area contributed by atoms with Gasteiger partial charge in [0.15, 0.2) is 0 Å². The van der Waals surface area contributed by atoms with Crippen molar-refractivity contribution in [2.45, 2.75) is 25.9 Å². The average molecular weight is 527 g/mol. The molecule has 0 aliphatic carbocycles. The molecule has 0 aromatic heterocycles. The van der Waals surface area contributed by atoms with Crippen LogP contribution >= 0.6 is 0 Å². The van der Waals surface area contributed by atoms with Gasteiger partial charge in [0.1, 0.15) is 0 Å². The van der Waals surface area contributed by atoms with E-state index in [-0.39, 0.29) is 17.9 Å². The molecule has 0 bridgehead atoms. The minimum atomic E-state index is -0.322. The molecule has 3 aromatic carbocycles. The van der Waals surface area contributed by atoms with Crippen LogP contribution in [0, 0.1) is 0 Å². The predicted octanol–water partition coefficient (Wildman–Crippen LogP) is 4.52. The Morgan fingerprint density at radius 2 is 1.38 bits per heavy atom. The molecule has 3 aromatic rings. The Bertz CT molecular complexity index is 1340. The Morgan fingerprint density at radius 3 is 1.90 bits per heavy atom. The summed E-state index contributed by atoms with van der Waals surface area (Å²) in [5.74, 6) is -0.500. The van der Waals surface area contributed by atoms with Gasteiger partial charge in [0.05, 0.1) is 11.7 Å². The summed E-state index contributed by atoms with van der Waals surface area (Å²) in [6.07, 6.45) is 2.56. The molecule has 9 heteroatoms. The number of aliphatic hydroxyl groups excluding tert-OH is 1. The van der Waals surface area contributed by atoms with Gasteiger partial charge in [0, 0.05) is 66.0 Å². The van der Waals surface area contributed by atoms with E-state index in [0.717, 1.165) is 43.0 Å². The van der Waals surface area contributed by atoms with E-state index in [1.54, 1.807) is 26.1 Å². The topological polar surface area (TPSA) is 132 Å². The first kappa shape index (κ1) is 27.4. The van der Waals surface area contributed by atoms with Gasteiger partial charge in [-0.15, -0.1) is 0 Å². The van der Waals surface area contributed by atoms with Crippen molar-refractivity contribution in [3.8, 4) is 0 Å². The third-order valence-electron chi connectivity index (χ3n) is 6.67. The molecule has 6 N–H and O–H groups in total. The molecular weight excluding hydrogens is 492 g/mol. The largest absolute Gasteiger partial charge is 0.404 e. The summed E-state index contributed by atoms with van der Waals surface area (Å²) in [6, 6.07) is 22.3. The van der Waals surface area contributed by atoms with Gasteiger partial charge < -0.3 is 31.7 Å². The zero-order chi connectivity index (χ0) is 27.8. The Kier molecular flexibility index (Phi) is 8.96. The minimum Gasteiger partial charge on any atom is -0.404 e. The highest BCUT2D eigenvalue weighted by Gasteiger charge is 2.17. The summed E-state index contributed by atoms with van der Waals surface area (Å²) in [4.78, 5) is 31.4. The second kappa shape index (κ2) is 12.7. The maximum atomic E-state index is 12.7. The fourth-order valence-electron chi connectivity index (χ4n) is 4.27. The molecule has 0 radical (unpaired) electrons. The van der Waals surface area contributed by atoms with E-state index >= 15 is 0 Å². The molecule has 1 aliphatic heterocycles. The fraction of sp³-hybridized carbons (Fsp3) is 0.233. The van der Waals surface area contributed by atoms with E-state index in [2.05, 4.69) is 25.8 Å². The number of rotatable bonds is 8. The molecule has 0 unspecified atom stereocenters. The van der Waals surface area contributed by atoms with Crippen LogP contribution in [0.1, 0.15) is 30.1 Å². The second-order valence-electron chi connectivity index (χ2n) is 9.34. The zero-order valence-corrected chi connectivity index (χ0v) is 22.1. The number of aliphatic imine (C=N–C) groups is 1. The molecule has 0 atom stereocenters. The molecule has 202 valence electrons. The smallest absolute Gasteiger partial charge is 0.258 e. The van der Waals surface area contributed by atoms with Crippen LogP contribution in [0.2, 0.25) is 0 Å². The first-order chi connectivity index (χ1) is 18.9. The highest BCUT2D eigenvalue weighted by Crippen LogP contribution is 2.23. The first-order valence-electron chi connectivity index (χ1n) is 12.8. The number of hydrogen-bond acceptors (Lipinski definition) is 7. The van der Waals surface area contributed by atoms with Crippen molar-refractivity contribution in [1.82, 2.24) is 0 Å². The van der Waals surface area contributed by atoms with Crippen LogP contribution in [0.4, 0.5) is 28.4 Å². The zero-order valence-electron chi connectivity index (χ0n) is 22.1. The van der Waals surface area contributed by atoms with E-state index in [1.807, 2.05) is 60.7 Å². The number of piperidine rings is 1. The first-order valence-corrected chi connectivity index (χ1v) is 12.8. The van der Waals surface area contributed by atoms with Gasteiger partial charge in [-0.2, -0.15) is 0 Å². The van der Waals surface area contributed by atoms with Gasteiger partial charge >= 0.3 is 0 Å². The average Bonchev–Trinajstić information content (AvgIpc) is 2.96. The lowest BCUT2D eigenvalue weighted by Crippen LogP contribution is -2.35. The van der Waals surface area contributed by atoms with E-state index in [4.69, 9.17) is 5.73 Å². The van der Waals surface area contributed by atoms with Crippen LogP contribution in [0.25, 0.3) is 0 Å². The second-order valence-corrected chi connectivity index (χ2v) is 9.34. The van der Waals surface area contributed by atoms with Gasteiger partial charge in [-0.05, 0) is 92.6 Å². The number of anilines is 5. The fourth-order valence-corrected chi connectivity index (χ4v) is 4.27. The van der Waals surface area contributed by atoms with Crippen molar-refractivity contribution in [3.63, 3.8) is 0 Å². The molecule has 0 spiro atoms. The van der Waals surface area contributed by atoms with E-state index in [9.17, 15) is 14.7 Å². The summed E-state index contributed by atoms with van der Waals surface area (Å²) in [5, 5.41) is 18.7. The van der Waals surface area contributed by atoms with E-state index < -0.39 is 0 Å². The van der Waals surface area contributed by atoms with Gasteiger partial charge in [-0.25, -0.2) is 0 Å². The summed E-state index contributed by atoms with van der Waals surface area (Å²) >= 11 is 0. The molecular formula is C30H34N6O3. The molecule has 0 saturated carbocycles. The number of nitrogens with zero attached hydrogens (tertiary/aromatic N) is 2. The van der Waals surface area contributed by atoms with Crippen molar-refractivity contribution in [2.75, 3.05) is 41.0 Å². The van der Waals surface area contributed by atoms with Crippen LogP contribution in [0.3, 0.4) is 0 Å². The van der Waals surface area contributed by atoms with Gasteiger partial charge in [-0.1, -0.05) is 0 Å². The standard InChI is InChI=1S/C30H34N6O3/c1-20(32-2)28(19-31)30(39)35-25-11-7-23(8-12-25)33-22-5-9-24(10-6-22)34-29(38)21-3-13-26(14-4-21)36-17-15-27(37)16-18-36/h3-14,19,27,33,37H,15-18,31H2,1-2H3,(H,34,38)(H,35,39). The third-order valence-corrected chi connectivity index (χ3v) is 6.67. The SMILES string of the molecule is CN=C(C)C(=CN)C(=O)Nc1ccc(Nc2ccc(NC(=O)c3ccc(N4CCC(O)CC4)cc3)cc2)cc1. The molecule has 2 amide bonds. The third kappa shape index (κ3) is 7.24. The Hall–Kier alpha value is -4.63. The number of hydrogen-bond donors (Lipinski definition) is 5. The van der Waals surface area contributed by atoms with Crippen molar-refractivity contribution in [3.05, 3.63) is 90.1 Å². The Morgan fingerprint density at radius 1 is 0.872 bits per heavy atom. The number of carbonyl (C=O) groups excluding carboxylic acids is 2.